The summed E-state index contributed by atoms with van der Waals surface area (Å²) in [5, 5.41) is 13.7. The number of thiazole rings is 1. The van der Waals surface area contributed by atoms with Gasteiger partial charge in [0.1, 0.15) is 0 Å². The molecule has 1 aliphatic rings. The first-order valence-electron chi connectivity index (χ1n) is 8.14. The van der Waals surface area contributed by atoms with Crippen LogP contribution in [0, 0.1) is 0 Å². The van der Waals surface area contributed by atoms with Crippen molar-refractivity contribution < 1.29 is 9.90 Å². The van der Waals surface area contributed by atoms with Crippen molar-refractivity contribution >= 4 is 27.5 Å². The quantitative estimate of drug-likeness (QED) is 0.878. The van der Waals surface area contributed by atoms with E-state index in [-0.39, 0.29) is 17.9 Å². The molecule has 0 unspecified atom stereocenters. The van der Waals surface area contributed by atoms with Crippen molar-refractivity contribution in [2.24, 2.45) is 0 Å². The van der Waals surface area contributed by atoms with Crippen molar-refractivity contribution in [1.82, 2.24) is 15.2 Å². The Morgan fingerprint density at radius 3 is 3.13 bits per heavy atom. The van der Waals surface area contributed by atoms with Crippen molar-refractivity contribution in [3.8, 4) is 0 Å². The zero-order valence-corrected chi connectivity index (χ0v) is 14.2. The summed E-state index contributed by atoms with van der Waals surface area (Å²) in [5.41, 5.74) is 1.02. The van der Waals surface area contributed by atoms with Crippen LogP contribution in [0.5, 0.6) is 0 Å². The Labute approximate surface area is 140 Å². The minimum Gasteiger partial charge on any atom is -0.392 e. The molecule has 5 nitrogen and oxygen atoms in total. The van der Waals surface area contributed by atoms with Gasteiger partial charge in [-0.05, 0) is 31.5 Å². The number of aliphatic hydroxyl groups is 1. The summed E-state index contributed by atoms with van der Waals surface area (Å²) in [7, 11) is 0. The highest BCUT2D eigenvalue weighted by Crippen LogP contribution is 2.26. The molecule has 0 radical (unpaired) electrons. The monoisotopic (exact) mass is 333 g/mol. The first kappa shape index (κ1) is 16.4. The Balaban J connectivity index is 1.50. The largest absolute Gasteiger partial charge is 0.392 e. The number of fused-ring (bicyclic) bond motifs is 1. The van der Waals surface area contributed by atoms with Gasteiger partial charge < -0.3 is 10.4 Å². The van der Waals surface area contributed by atoms with Gasteiger partial charge in [-0.25, -0.2) is 4.98 Å². The molecule has 1 saturated heterocycles. The predicted molar refractivity (Wildman–Crippen MR) is 92.7 cm³/mol. The number of carbonyl (C=O) groups excluding carboxylic acids is 1. The zero-order valence-electron chi connectivity index (χ0n) is 13.4. The third-order valence-corrected chi connectivity index (χ3v) is 5.45. The number of nitrogens with one attached hydrogen (secondary N) is 1. The number of carbonyl (C=O) groups is 1. The Hall–Kier alpha value is -1.50. The number of hydrogen-bond donors (Lipinski definition) is 2. The fourth-order valence-electron chi connectivity index (χ4n) is 2.89. The van der Waals surface area contributed by atoms with E-state index in [1.165, 1.54) is 4.70 Å². The highest BCUT2D eigenvalue weighted by molar-refractivity contribution is 7.18. The molecule has 124 valence electrons. The molecule has 0 saturated carbocycles. The van der Waals surface area contributed by atoms with E-state index in [4.69, 9.17) is 0 Å². The van der Waals surface area contributed by atoms with E-state index in [0.717, 1.165) is 29.9 Å². The lowest BCUT2D eigenvalue weighted by molar-refractivity contribution is -0.122. The van der Waals surface area contributed by atoms with Gasteiger partial charge in [0.05, 0.1) is 27.9 Å². The lowest BCUT2D eigenvalue weighted by Crippen LogP contribution is -2.44. The van der Waals surface area contributed by atoms with Crippen LogP contribution in [-0.4, -0.2) is 53.2 Å². The van der Waals surface area contributed by atoms with Crippen LogP contribution in [-0.2, 0) is 4.79 Å². The summed E-state index contributed by atoms with van der Waals surface area (Å²) < 4.78 is 1.18. The van der Waals surface area contributed by atoms with Crippen LogP contribution in [0.2, 0.25) is 0 Å². The van der Waals surface area contributed by atoms with E-state index in [9.17, 15) is 9.90 Å². The van der Waals surface area contributed by atoms with Crippen LogP contribution in [0.4, 0.5) is 0 Å². The molecule has 2 aromatic rings. The van der Waals surface area contributed by atoms with E-state index in [0.29, 0.717) is 19.6 Å². The van der Waals surface area contributed by atoms with Crippen molar-refractivity contribution in [2.45, 2.75) is 31.8 Å². The molecular weight excluding hydrogens is 310 g/mol. The van der Waals surface area contributed by atoms with Crippen LogP contribution in [0.1, 0.15) is 30.7 Å². The molecule has 1 aliphatic heterocycles. The number of amides is 1. The lowest BCUT2D eigenvalue weighted by atomic mass is 10.1. The molecule has 0 bridgehead atoms. The standard InChI is InChI=1S/C17H23N3O2S/c1-12(17-19-14-6-2-3-7-15(14)23-17)9-18-16(22)11-20-8-4-5-13(21)10-20/h2-3,6-7,12-13,21H,4-5,8-11H2,1H3,(H,18,22)/t12-,13+/m1/s1. The lowest BCUT2D eigenvalue weighted by Gasteiger charge is -2.29. The van der Waals surface area contributed by atoms with Crippen molar-refractivity contribution in [3.63, 3.8) is 0 Å². The van der Waals surface area contributed by atoms with Crippen LogP contribution < -0.4 is 5.32 Å². The molecule has 1 amide bonds. The number of aliphatic hydroxyl groups excluding tert-OH is 1. The fourth-order valence-corrected chi connectivity index (χ4v) is 3.91. The Morgan fingerprint density at radius 1 is 1.52 bits per heavy atom. The fraction of sp³-hybridized carbons (Fsp3) is 0.529. The van der Waals surface area contributed by atoms with Gasteiger partial charge in [0, 0.05) is 19.0 Å². The van der Waals surface area contributed by atoms with Gasteiger partial charge in [0.2, 0.25) is 5.91 Å². The number of hydrogen-bond acceptors (Lipinski definition) is 5. The Kier molecular flexibility index (Phi) is 5.25. The smallest absolute Gasteiger partial charge is 0.234 e. The van der Waals surface area contributed by atoms with Gasteiger partial charge in [-0.2, -0.15) is 0 Å². The predicted octanol–water partition coefficient (Wildman–Crippen LogP) is 1.97. The average Bonchev–Trinajstić information content (AvgIpc) is 2.97. The number of benzene rings is 1. The van der Waals surface area contributed by atoms with E-state index >= 15 is 0 Å². The van der Waals surface area contributed by atoms with Crippen LogP contribution in [0.25, 0.3) is 10.2 Å². The first-order valence-corrected chi connectivity index (χ1v) is 8.96. The molecule has 2 N–H and O–H groups in total. The van der Waals surface area contributed by atoms with Crippen molar-refractivity contribution in [3.05, 3.63) is 29.3 Å². The topological polar surface area (TPSA) is 65.5 Å². The third-order valence-electron chi connectivity index (χ3n) is 4.19. The highest BCUT2D eigenvalue weighted by atomic mass is 32.1. The Morgan fingerprint density at radius 2 is 2.35 bits per heavy atom. The summed E-state index contributed by atoms with van der Waals surface area (Å²) in [6.07, 6.45) is 1.50. The molecular formula is C17H23N3O2S. The molecule has 23 heavy (non-hydrogen) atoms. The minimum atomic E-state index is -0.293. The molecule has 0 spiro atoms. The normalized spacial score (nSPS) is 20.5. The molecule has 0 aliphatic carbocycles. The van der Waals surface area contributed by atoms with Crippen molar-refractivity contribution in [1.29, 1.82) is 0 Å². The van der Waals surface area contributed by atoms with E-state index in [1.807, 2.05) is 23.1 Å². The van der Waals surface area contributed by atoms with Gasteiger partial charge in [0.15, 0.2) is 0 Å². The molecule has 2 atom stereocenters. The summed E-state index contributed by atoms with van der Waals surface area (Å²) >= 11 is 1.69. The van der Waals surface area contributed by atoms with Gasteiger partial charge >= 0.3 is 0 Å². The molecule has 6 heteroatoms. The molecule has 3 rings (SSSR count). The van der Waals surface area contributed by atoms with E-state index < -0.39 is 0 Å². The van der Waals surface area contributed by atoms with Crippen LogP contribution in [0.3, 0.4) is 0 Å². The second-order valence-corrected chi connectivity index (χ2v) is 7.32. The second-order valence-electron chi connectivity index (χ2n) is 6.26. The number of para-hydroxylation sites is 1. The number of β-amino-alcohol motifs (C(OH)–C–C–N with tert-alkyl or cyclic N) is 1. The molecule has 1 aromatic carbocycles. The maximum Gasteiger partial charge on any atom is 0.234 e. The van der Waals surface area contributed by atoms with Gasteiger partial charge in [-0.1, -0.05) is 19.1 Å². The van der Waals surface area contributed by atoms with E-state index in [1.54, 1.807) is 11.3 Å². The zero-order chi connectivity index (χ0) is 16.2. The van der Waals surface area contributed by atoms with Gasteiger partial charge in [-0.15, -0.1) is 11.3 Å². The number of piperidine rings is 1. The van der Waals surface area contributed by atoms with Gasteiger partial charge in [-0.3, -0.25) is 9.69 Å². The van der Waals surface area contributed by atoms with Crippen molar-refractivity contribution in [2.75, 3.05) is 26.2 Å². The molecule has 1 fully saturated rings. The summed E-state index contributed by atoms with van der Waals surface area (Å²) in [6.45, 7) is 4.53. The van der Waals surface area contributed by atoms with Crippen LogP contribution in [0.15, 0.2) is 24.3 Å². The molecule has 1 aromatic heterocycles. The summed E-state index contributed by atoms with van der Waals surface area (Å²) in [5.74, 6) is 0.218. The minimum absolute atomic E-state index is 0.0204. The van der Waals surface area contributed by atoms with E-state index in [2.05, 4.69) is 23.3 Å². The number of nitrogens with zero attached hydrogens (tertiary/aromatic N) is 2. The molecule has 2 heterocycles. The van der Waals surface area contributed by atoms with Gasteiger partial charge in [0.25, 0.3) is 0 Å². The average molecular weight is 333 g/mol. The summed E-state index contributed by atoms with van der Waals surface area (Å²) in [4.78, 5) is 18.7. The maximum atomic E-state index is 12.1. The Bertz CT molecular complexity index is 640. The SMILES string of the molecule is C[C@H](CNC(=O)CN1CCC[C@H](O)C1)c1nc2ccccc2s1. The number of aromatic nitrogens is 1. The summed E-state index contributed by atoms with van der Waals surface area (Å²) in [6, 6.07) is 8.10. The number of likely N-dealkylation sites (tertiary alicyclic amines) is 1. The first-order chi connectivity index (χ1) is 11.1. The highest BCUT2D eigenvalue weighted by Gasteiger charge is 2.20. The van der Waals surface area contributed by atoms with Crippen LogP contribution >= 0.6 is 11.3 Å². The maximum absolute atomic E-state index is 12.1. The number of rotatable bonds is 5. The second kappa shape index (κ2) is 7.38. The third kappa shape index (κ3) is 4.28.